The van der Waals surface area contributed by atoms with E-state index in [2.05, 4.69) is 12.7 Å². The molecular weight excluding hydrogens is 184 g/mol. The van der Waals surface area contributed by atoms with Gasteiger partial charge in [-0.05, 0) is 24.5 Å². The van der Waals surface area contributed by atoms with Crippen LogP contribution in [0.3, 0.4) is 0 Å². The minimum Gasteiger partial charge on any atom is -0.300 e. The summed E-state index contributed by atoms with van der Waals surface area (Å²) in [6.07, 6.45) is 5.24. The maximum Gasteiger partial charge on any atom is 0.130 e. The molecule has 1 rings (SSSR count). The van der Waals surface area contributed by atoms with Gasteiger partial charge in [0.25, 0.3) is 0 Å². The van der Waals surface area contributed by atoms with E-state index in [4.69, 9.17) is 0 Å². The van der Waals surface area contributed by atoms with Crippen LogP contribution in [0.15, 0.2) is 48.6 Å². The second-order valence-electron chi connectivity index (χ2n) is 3.54. The van der Waals surface area contributed by atoms with Crippen molar-refractivity contribution in [3.8, 4) is 0 Å². The Kier molecular flexibility index (Phi) is 4.55. The first-order valence-corrected chi connectivity index (χ1v) is 5.10. The Bertz CT molecular complexity index is 360. The van der Waals surface area contributed by atoms with Gasteiger partial charge >= 0.3 is 0 Å². The number of hydrogen-bond acceptors (Lipinski definition) is 1. The van der Waals surface area contributed by atoms with Crippen LogP contribution < -0.4 is 0 Å². The Morgan fingerprint density at radius 1 is 1.27 bits per heavy atom. The Morgan fingerprint density at radius 2 is 1.93 bits per heavy atom. The molecule has 0 fully saturated rings. The molecule has 0 aliphatic rings. The maximum atomic E-state index is 10.9. The van der Waals surface area contributed by atoms with Crippen LogP contribution in [-0.4, -0.2) is 5.78 Å². The summed E-state index contributed by atoms with van der Waals surface area (Å²) in [5.74, 6) is 0.218. The van der Waals surface area contributed by atoms with Gasteiger partial charge in [0.15, 0.2) is 0 Å². The third-order valence-electron chi connectivity index (χ3n) is 2.18. The Morgan fingerprint density at radius 3 is 2.47 bits per heavy atom. The highest BCUT2D eigenvalue weighted by Gasteiger charge is 1.96. The van der Waals surface area contributed by atoms with Gasteiger partial charge in [-0.3, -0.25) is 0 Å². The molecule has 0 aromatic heterocycles. The second kappa shape index (κ2) is 5.97. The van der Waals surface area contributed by atoms with E-state index in [-0.39, 0.29) is 5.78 Å². The summed E-state index contributed by atoms with van der Waals surface area (Å²) in [4.78, 5) is 10.9. The van der Waals surface area contributed by atoms with Crippen LogP contribution in [0.5, 0.6) is 0 Å². The van der Waals surface area contributed by atoms with Crippen LogP contribution in [-0.2, 0) is 4.79 Å². The molecule has 0 amide bonds. The summed E-state index contributed by atoms with van der Waals surface area (Å²) >= 11 is 0. The van der Waals surface area contributed by atoms with Crippen molar-refractivity contribution in [1.82, 2.24) is 0 Å². The van der Waals surface area contributed by atoms with Gasteiger partial charge in [-0.1, -0.05) is 49.1 Å². The molecule has 1 aromatic rings. The molecule has 0 N–H and O–H groups in total. The Balaban J connectivity index is 2.70. The average molecular weight is 200 g/mol. The van der Waals surface area contributed by atoms with Gasteiger partial charge in [0, 0.05) is 6.42 Å². The van der Waals surface area contributed by atoms with Gasteiger partial charge in [0.05, 0.1) is 0 Å². The molecule has 0 aliphatic heterocycles. The molecule has 0 radical (unpaired) electrons. The SMILES string of the molecule is C=C/C(=C/c1ccccc1)CCC(C)=O. The molecule has 0 atom stereocenters. The maximum absolute atomic E-state index is 10.9. The number of benzene rings is 1. The van der Waals surface area contributed by atoms with Gasteiger partial charge in [-0.25, -0.2) is 0 Å². The molecule has 15 heavy (non-hydrogen) atoms. The summed E-state index contributed by atoms with van der Waals surface area (Å²) in [7, 11) is 0. The number of carbonyl (C=O) groups is 1. The highest BCUT2D eigenvalue weighted by Crippen LogP contribution is 2.12. The fourth-order valence-corrected chi connectivity index (χ4v) is 1.32. The lowest BCUT2D eigenvalue weighted by atomic mass is 10.1. The zero-order valence-corrected chi connectivity index (χ0v) is 9.07. The standard InChI is InChI=1S/C14H16O/c1-3-13(10-9-12(2)15)11-14-7-5-4-6-8-14/h3-8,11H,1,9-10H2,2H3/b13-11-. The topological polar surface area (TPSA) is 17.1 Å². The van der Waals surface area contributed by atoms with Crippen LogP contribution in [0.2, 0.25) is 0 Å². The van der Waals surface area contributed by atoms with E-state index in [1.54, 1.807) is 6.92 Å². The zero-order valence-electron chi connectivity index (χ0n) is 9.07. The summed E-state index contributed by atoms with van der Waals surface area (Å²) in [5.41, 5.74) is 2.26. The van der Waals surface area contributed by atoms with Crippen molar-refractivity contribution < 1.29 is 4.79 Å². The van der Waals surface area contributed by atoms with E-state index in [0.29, 0.717) is 6.42 Å². The lowest BCUT2D eigenvalue weighted by Gasteiger charge is -2.00. The average Bonchev–Trinajstić information content (AvgIpc) is 2.25. The van der Waals surface area contributed by atoms with Crippen molar-refractivity contribution in [1.29, 1.82) is 0 Å². The molecule has 0 spiro atoms. The first-order chi connectivity index (χ1) is 7.22. The van der Waals surface area contributed by atoms with Crippen LogP contribution in [0.1, 0.15) is 25.3 Å². The molecule has 1 aromatic carbocycles. The van der Waals surface area contributed by atoms with Crippen molar-refractivity contribution in [2.24, 2.45) is 0 Å². The van der Waals surface area contributed by atoms with Crippen molar-refractivity contribution >= 4 is 11.9 Å². The van der Waals surface area contributed by atoms with E-state index >= 15 is 0 Å². The van der Waals surface area contributed by atoms with Gasteiger partial charge in [-0.2, -0.15) is 0 Å². The molecule has 0 bridgehead atoms. The van der Waals surface area contributed by atoms with Gasteiger partial charge in [-0.15, -0.1) is 0 Å². The molecular formula is C14H16O. The first kappa shape index (κ1) is 11.4. The van der Waals surface area contributed by atoms with Crippen LogP contribution in [0, 0.1) is 0 Å². The van der Waals surface area contributed by atoms with Gasteiger partial charge in [0.2, 0.25) is 0 Å². The van der Waals surface area contributed by atoms with Crippen LogP contribution in [0.25, 0.3) is 6.08 Å². The number of hydrogen-bond donors (Lipinski definition) is 0. The third kappa shape index (κ3) is 4.41. The smallest absolute Gasteiger partial charge is 0.130 e. The van der Waals surface area contributed by atoms with Crippen LogP contribution >= 0.6 is 0 Å². The largest absolute Gasteiger partial charge is 0.300 e. The van der Waals surface area contributed by atoms with E-state index in [9.17, 15) is 4.79 Å². The zero-order chi connectivity index (χ0) is 11.1. The monoisotopic (exact) mass is 200 g/mol. The number of ketones is 1. The summed E-state index contributed by atoms with van der Waals surface area (Å²) in [6.45, 7) is 5.37. The number of carbonyl (C=O) groups excluding carboxylic acids is 1. The third-order valence-corrected chi connectivity index (χ3v) is 2.18. The molecule has 0 heterocycles. The van der Waals surface area contributed by atoms with Crippen molar-refractivity contribution in [3.63, 3.8) is 0 Å². The molecule has 78 valence electrons. The van der Waals surface area contributed by atoms with Crippen molar-refractivity contribution in [2.45, 2.75) is 19.8 Å². The summed E-state index contributed by atoms with van der Waals surface area (Å²) in [5, 5.41) is 0. The first-order valence-electron chi connectivity index (χ1n) is 5.10. The number of rotatable bonds is 5. The lowest BCUT2D eigenvalue weighted by molar-refractivity contribution is -0.116. The minimum atomic E-state index is 0.218. The van der Waals surface area contributed by atoms with E-state index in [1.165, 1.54) is 0 Å². The highest BCUT2D eigenvalue weighted by molar-refractivity contribution is 5.76. The predicted molar refractivity (Wildman–Crippen MR) is 64.5 cm³/mol. The summed E-state index contributed by atoms with van der Waals surface area (Å²) < 4.78 is 0. The molecule has 0 saturated carbocycles. The Hall–Kier alpha value is -1.63. The van der Waals surface area contributed by atoms with Crippen LogP contribution in [0.4, 0.5) is 0 Å². The van der Waals surface area contributed by atoms with E-state index in [0.717, 1.165) is 17.6 Å². The quantitative estimate of drug-likeness (QED) is 0.663. The van der Waals surface area contributed by atoms with Gasteiger partial charge < -0.3 is 4.79 Å². The molecule has 1 heteroatoms. The summed E-state index contributed by atoms with van der Waals surface area (Å²) in [6, 6.07) is 10.1. The molecule has 1 nitrogen and oxygen atoms in total. The predicted octanol–water partition coefficient (Wildman–Crippen LogP) is 3.63. The number of Topliss-reactive ketones (excluding diaryl/α,β-unsaturated/α-hetero) is 1. The molecule has 0 aliphatic carbocycles. The van der Waals surface area contributed by atoms with Crippen molar-refractivity contribution in [2.75, 3.05) is 0 Å². The van der Waals surface area contributed by atoms with E-state index in [1.807, 2.05) is 36.4 Å². The van der Waals surface area contributed by atoms with Gasteiger partial charge in [0.1, 0.15) is 5.78 Å². The lowest BCUT2D eigenvalue weighted by Crippen LogP contribution is -1.90. The molecule has 0 unspecified atom stereocenters. The van der Waals surface area contributed by atoms with Crippen molar-refractivity contribution in [3.05, 3.63) is 54.1 Å². The molecule has 0 saturated heterocycles. The van der Waals surface area contributed by atoms with E-state index < -0.39 is 0 Å². The Labute approximate surface area is 91.1 Å². The fourth-order valence-electron chi connectivity index (χ4n) is 1.32. The fraction of sp³-hybridized carbons (Fsp3) is 0.214. The normalized spacial score (nSPS) is 11.1. The second-order valence-corrected chi connectivity index (χ2v) is 3.54. The minimum absolute atomic E-state index is 0.218. The number of allylic oxidation sites excluding steroid dienone is 2. The highest BCUT2D eigenvalue weighted by atomic mass is 16.1.